The lowest BCUT2D eigenvalue weighted by molar-refractivity contribution is 0.557. The maximum atomic E-state index is 13.8. The minimum Gasteiger partial charge on any atom is -0.394 e. The predicted octanol–water partition coefficient (Wildman–Crippen LogP) is 2.80. The predicted molar refractivity (Wildman–Crippen MR) is 72.7 cm³/mol. The Balaban J connectivity index is 2.49. The fourth-order valence-corrected chi connectivity index (χ4v) is 2.87. The fraction of sp³-hybridized carbons (Fsp3) is 0.0769. The van der Waals surface area contributed by atoms with Crippen molar-refractivity contribution in [2.24, 2.45) is 0 Å². The van der Waals surface area contributed by atoms with Gasteiger partial charge in [0.2, 0.25) is 0 Å². The molecule has 0 amide bonds. The molecule has 2 aromatic rings. The number of benzene rings is 2. The zero-order chi connectivity index (χ0) is 15.8. The molecule has 0 heterocycles. The summed E-state index contributed by atoms with van der Waals surface area (Å²) in [6.07, 6.45) is 0. The second-order valence-corrected chi connectivity index (χ2v) is 5.99. The molecule has 0 aromatic heterocycles. The van der Waals surface area contributed by atoms with Gasteiger partial charge in [-0.1, -0.05) is 6.07 Å². The summed E-state index contributed by atoms with van der Waals surface area (Å²) in [6, 6.07) is 4.97. The largest absolute Gasteiger partial charge is 0.394 e. The molecule has 0 radical (unpaired) electrons. The zero-order valence-electron chi connectivity index (χ0n) is 10.8. The van der Waals surface area contributed by atoms with Crippen molar-refractivity contribution in [3.05, 3.63) is 53.3 Å². The summed E-state index contributed by atoms with van der Waals surface area (Å²) >= 11 is 0. The molecule has 8 heteroatoms. The van der Waals surface area contributed by atoms with E-state index in [9.17, 15) is 21.6 Å². The fourth-order valence-electron chi connectivity index (χ4n) is 1.66. The molecular formula is C13H11F3N2O2S. The number of nitrogens with two attached hydrogens (primary N) is 1. The molecular weight excluding hydrogens is 305 g/mol. The van der Waals surface area contributed by atoms with Crippen molar-refractivity contribution in [2.75, 3.05) is 10.5 Å². The first kappa shape index (κ1) is 15.2. The third-order valence-corrected chi connectivity index (χ3v) is 4.21. The van der Waals surface area contributed by atoms with Gasteiger partial charge >= 0.3 is 0 Å². The Morgan fingerprint density at radius 1 is 1.10 bits per heavy atom. The van der Waals surface area contributed by atoms with E-state index in [0.29, 0.717) is 5.56 Å². The molecule has 2 rings (SSSR count). The van der Waals surface area contributed by atoms with E-state index >= 15 is 0 Å². The number of sulfonamides is 1. The second-order valence-electron chi connectivity index (χ2n) is 4.34. The van der Waals surface area contributed by atoms with E-state index in [2.05, 4.69) is 0 Å². The van der Waals surface area contributed by atoms with Gasteiger partial charge in [0.05, 0.1) is 5.69 Å². The maximum absolute atomic E-state index is 13.8. The summed E-state index contributed by atoms with van der Waals surface area (Å²) in [5.74, 6) is -3.11. The molecule has 112 valence electrons. The van der Waals surface area contributed by atoms with Crippen molar-refractivity contribution in [2.45, 2.75) is 11.8 Å². The molecule has 0 fully saturated rings. The van der Waals surface area contributed by atoms with Gasteiger partial charge in [0.25, 0.3) is 10.0 Å². The Morgan fingerprint density at radius 3 is 2.43 bits per heavy atom. The van der Waals surface area contributed by atoms with Crippen molar-refractivity contribution in [3.8, 4) is 0 Å². The maximum Gasteiger partial charge on any atom is 0.264 e. The van der Waals surface area contributed by atoms with E-state index in [1.54, 1.807) is 6.92 Å². The van der Waals surface area contributed by atoms with Crippen LogP contribution in [0.3, 0.4) is 0 Å². The highest BCUT2D eigenvalue weighted by atomic mass is 32.2. The van der Waals surface area contributed by atoms with Gasteiger partial charge in [0.15, 0.2) is 5.82 Å². The summed E-state index contributed by atoms with van der Waals surface area (Å²) in [5.41, 5.74) is 4.63. The molecule has 4 nitrogen and oxygen atoms in total. The quantitative estimate of drug-likeness (QED) is 0.855. The number of halogens is 3. The normalized spacial score (nSPS) is 11.4. The monoisotopic (exact) mass is 316 g/mol. The summed E-state index contributed by atoms with van der Waals surface area (Å²) in [4.78, 5) is -0.815. The zero-order valence-corrected chi connectivity index (χ0v) is 11.6. The molecule has 0 atom stereocenters. The number of nitrogen functional groups attached to an aromatic ring is 1. The first-order valence-electron chi connectivity index (χ1n) is 5.75. The molecule has 21 heavy (non-hydrogen) atoms. The van der Waals surface area contributed by atoms with E-state index in [0.717, 1.165) is 24.3 Å². The summed E-state index contributed by atoms with van der Waals surface area (Å²) in [5, 5.41) is 0. The number of anilines is 2. The van der Waals surface area contributed by atoms with Crippen LogP contribution in [0, 0.1) is 24.4 Å². The van der Waals surface area contributed by atoms with Crippen LogP contribution in [0.5, 0.6) is 0 Å². The third kappa shape index (κ3) is 2.94. The Morgan fingerprint density at radius 2 is 1.76 bits per heavy atom. The summed E-state index contributed by atoms with van der Waals surface area (Å²) in [7, 11) is -4.36. The van der Waals surface area contributed by atoms with E-state index < -0.39 is 38.1 Å². The molecule has 0 aliphatic rings. The minimum atomic E-state index is -4.36. The van der Waals surface area contributed by atoms with Gasteiger partial charge in [-0.2, -0.15) is 0 Å². The standard InChI is InChI=1S/C13H11F3N2O2S/c1-7-2-3-8(14)6-10(7)18-21(19,20)11-5-4-9(15)13(17)12(11)16/h2-6,18H,17H2,1H3. The van der Waals surface area contributed by atoms with E-state index in [-0.39, 0.29) is 5.69 Å². The average Bonchev–Trinajstić information content (AvgIpc) is 2.39. The second kappa shape index (κ2) is 5.28. The van der Waals surface area contributed by atoms with Gasteiger partial charge in [-0.15, -0.1) is 0 Å². The first-order valence-corrected chi connectivity index (χ1v) is 7.23. The van der Waals surface area contributed by atoms with Crippen molar-refractivity contribution >= 4 is 21.4 Å². The van der Waals surface area contributed by atoms with Crippen LogP contribution in [0.2, 0.25) is 0 Å². The van der Waals surface area contributed by atoms with E-state index in [1.807, 2.05) is 4.72 Å². The Kier molecular flexibility index (Phi) is 3.82. The van der Waals surface area contributed by atoms with Gasteiger partial charge in [-0.25, -0.2) is 21.6 Å². The van der Waals surface area contributed by atoms with Crippen LogP contribution < -0.4 is 10.5 Å². The van der Waals surface area contributed by atoms with Gasteiger partial charge in [0.1, 0.15) is 22.2 Å². The van der Waals surface area contributed by atoms with Crippen LogP contribution >= 0.6 is 0 Å². The average molecular weight is 316 g/mol. The van der Waals surface area contributed by atoms with Crippen molar-refractivity contribution in [1.82, 2.24) is 0 Å². The summed E-state index contributed by atoms with van der Waals surface area (Å²) < 4.78 is 66.2. The SMILES string of the molecule is Cc1ccc(F)cc1NS(=O)(=O)c1ccc(F)c(N)c1F. The van der Waals surface area contributed by atoms with Gasteiger partial charge in [0, 0.05) is 0 Å². The van der Waals surface area contributed by atoms with Gasteiger partial charge < -0.3 is 5.73 Å². The van der Waals surface area contributed by atoms with E-state index in [4.69, 9.17) is 5.73 Å². The first-order chi connectivity index (χ1) is 9.72. The molecule has 0 unspecified atom stereocenters. The molecule has 0 saturated heterocycles. The molecule has 0 aliphatic heterocycles. The smallest absolute Gasteiger partial charge is 0.264 e. The van der Waals surface area contributed by atoms with Crippen LogP contribution in [0.1, 0.15) is 5.56 Å². The molecule has 0 bridgehead atoms. The number of rotatable bonds is 3. The Labute approximate surface area is 119 Å². The third-order valence-electron chi connectivity index (χ3n) is 2.82. The lowest BCUT2D eigenvalue weighted by Gasteiger charge is -2.12. The van der Waals surface area contributed by atoms with Crippen molar-refractivity contribution in [3.63, 3.8) is 0 Å². The van der Waals surface area contributed by atoms with E-state index in [1.165, 1.54) is 6.07 Å². The van der Waals surface area contributed by atoms with Crippen LogP contribution in [0.25, 0.3) is 0 Å². The molecule has 0 saturated carbocycles. The van der Waals surface area contributed by atoms with Crippen LogP contribution in [0.15, 0.2) is 35.2 Å². The minimum absolute atomic E-state index is 0.0442. The number of nitrogens with one attached hydrogen (secondary N) is 1. The molecule has 0 spiro atoms. The number of hydrogen-bond acceptors (Lipinski definition) is 3. The molecule has 3 N–H and O–H groups in total. The van der Waals surface area contributed by atoms with Crippen LogP contribution in [-0.2, 0) is 10.0 Å². The highest BCUT2D eigenvalue weighted by Crippen LogP contribution is 2.26. The Bertz CT molecular complexity index is 807. The number of aryl methyl sites for hydroxylation is 1. The summed E-state index contributed by atoms with van der Waals surface area (Å²) in [6.45, 7) is 1.55. The molecule has 2 aromatic carbocycles. The number of hydrogen-bond donors (Lipinski definition) is 2. The van der Waals surface area contributed by atoms with Crippen LogP contribution in [0.4, 0.5) is 24.5 Å². The topological polar surface area (TPSA) is 72.2 Å². The molecule has 0 aliphatic carbocycles. The highest BCUT2D eigenvalue weighted by Gasteiger charge is 2.23. The van der Waals surface area contributed by atoms with Crippen molar-refractivity contribution in [1.29, 1.82) is 0 Å². The lowest BCUT2D eigenvalue weighted by Crippen LogP contribution is -2.16. The van der Waals surface area contributed by atoms with Gasteiger partial charge in [-0.05, 0) is 36.8 Å². The Hall–Kier alpha value is -2.22. The van der Waals surface area contributed by atoms with Crippen LogP contribution in [-0.4, -0.2) is 8.42 Å². The van der Waals surface area contributed by atoms with Crippen molar-refractivity contribution < 1.29 is 21.6 Å². The van der Waals surface area contributed by atoms with Gasteiger partial charge in [-0.3, -0.25) is 4.72 Å². The highest BCUT2D eigenvalue weighted by molar-refractivity contribution is 7.92. The lowest BCUT2D eigenvalue weighted by atomic mass is 10.2.